The molecule has 0 spiro atoms. The number of rotatable bonds is 3. The fourth-order valence-electron chi connectivity index (χ4n) is 1.45. The van der Waals surface area contributed by atoms with Gasteiger partial charge < -0.3 is 9.47 Å². The van der Waals surface area contributed by atoms with Crippen LogP contribution in [0.5, 0.6) is 5.75 Å². The quantitative estimate of drug-likeness (QED) is 0.764. The van der Waals surface area contributed by atoms with Gasteiger partial charge in [0.25, 0.3) is 0 Å². The molecule has 0 bridgehead atoms. The summed E-state index contributed by atoms with van der Waals surface area (Å²) < 4.78 is 10.6. The van der Waals surface area contributed by atoms with Gasteiger partial charge >= 0.3 is 0 Å². The summed E-state index contributed by atoms with van der Waals surface area (Å²) in [6.45, 7) is 0.911. The van der Waals surface area contributed by atoms with Gasteiger partial charge in [-0.05, 0) is 37.1 Å². The van der Waals surface area contributed by atoms with Crippen molar-refractivity contribution in [1.29, 1.82) is 0 Å². The minimum atomic E-state index is 0.350. The molecular formula is C11H14O2S. The Bertz CT molecular complexity index is 278. The van der Waals surface area contributed by atoms with Gasteiger partial charge in [-0.25, -0.2) is 0 Å². The third kappa shape index (κ3) is 2.42. The van der Waals surface area contributed by atoms with Gasteiger partial charge in [0, 0.05) is 11.5 Å². The lowest BCUT2D eigenvalue weighted by atomic mass is 10.3. The Kier molecular flexibility index (Phi) is 3.32. The Hall–Kier alpha value is -0.670. The molecule has 1 aliphatic rings. The van der Waals surface area contributed by atoms with Crippen LogP contribution in [0.15, 0.2) is 29.2 Å². The predicted molar refractivity (Wildman–Crippen MR) is 57.8 cm³/mol. The van der Waals surface area contributed by atoms with Crippen molar-refractivity contribution in [2.45, 2.75) is 23.2 Å². The fourth-order valence-corrected chi connectivity index (χ4v) is 2.49. The molecule has 1 heterocycles. The molecule has 1 saturated heterocycles. The molecule has 0 amide bonds. The van der Waals surface area contributed by atoms with E-state index in [0.717, 1.165) is 18.8 Å². The second-order valence-corrected chi connectivity index (χ2v) is 4.47. The standard InChI is InChI=1S/C11H14O2S/c1-12-9-4-6-10(7-5-9)14-11-3-2-8-13-11/h4-7,11H,2-3,8H2,1H3. The summed E-state index contributed by atoms with van der Waals surface area (Å²) in [6.07, 6.45) is 2.35. The van der Waals surface area contributed by atoms with Gasteiger partial charge in [-0.2, -0.15) is 0 Å². The summed E-state index contributed by atoms with van der Waals surface area (Å²) in [6, 6.07) is 8.12. The third-order valence-electron chi connectivity index (χ3n) is 2.21. The van der Waals surface area contributed by atoms with Crippen LogP contribution >= 0.6 is 11.8 Å². The first-order valence-corrected chi connectivity index (χ1v) is 5.69. The van der Waals surface area contributed by atoms with E-state index in [4.69, 9.17) is 9.47 Å². The van der Waals surface area contributed by atoms with Gasteiger partial charge in [0.1, 0.15) is 11.2 Å². The third-order valence-corrected chi connectivity index (χ3v) is 3.39. The first-order chi connectivity index (χ1) is 6.88. The highest BCUT2D eigenvalue weighted by Gasteiger charge is 2.16. The number of thioether (sulfide) groups is 1. The Labute approximate surface area is 88.6 Å². The molecule has 1 aromatic carbocycles. The monoisotopic (exact) mass is 210 g/mol. The molecule has 0 saturated carbocycles. The smallest absolute Gasteiger partial charge is 0.118 e. The van der Waals surface area contributed by atoms with E-state index >= 15 is 0 Å². The predicted octanol–water partition coefficient (Wildman–Crippen LogP) is 2.92. The van der Waals surface area contributed by atoms with Gasteiger partial charge in [-0.1, -0.05) is 11.8 Å². The zero-order valence-corrected chi connectivity index (χ0v) is 9.05. The Morgan fingerprint density at radius 2 is 2.14 bits per heavy atom. The summed E-state index contributed by atoms with van der Waals surface area (Å²) in [5.41, 5.74) is 0.350. The van der Waals surface area contributed by atoms with E-state index in [1.807, 2.05) is 12.1 Å². The van der Waals surface area contributed by atoms with Crippen molar-refractivity contribution in [1.82, 2.24) is 0 Å². The van der Waals surface area contributed by atoms with Crippen molar-refractivity contribution < 1.29 is 9.47 Å². The number of hydrogen-bond acceptors (Lipinski definition) is 3. The van der Waals surface area contributed by atoms with Crippen LogP contribution in [0.3, 0.4) is 0 Å². The zero-order valence-electron chi connectivity index (χ0n) is 8.23. The van der Waals surface area contributed by atoms with Crippen LogP contribution in [0.2, 0.25) is 0 Å². The van der Waals surface area contributed by atoms with Gasteiger partial charge in [-0.15, -0.1) is 0 Å². The lowest BCUT2D eigenvalue weighted by Gasteiger charge is -2.08. The molecule has 0 N–H and O–H groups in total. The second kappa shape index (κ2) is 4.71. The highest BCUT2D eigenvalue weighted by Crippen LogP contribution is 2.31. The molecule has 3 heteroatoms. The van der Waals surface area contributed by atoms with E-state index in [0.29, 0.717) is 5.44 Å². The number of methoxy groups -OCH3 is 1. The maximum atomic E-state index is 5.55. The second-order valence-electron chi connectivity index (χ2n) is 3.24. The Balaban J connectivity index is 1.95. The highest BCUT2D eigenvalue weighted by molar-refractivity contribution is 7.99. The van der Waals surface area contributed by atoms with E-state index < -0.39 is 0 Å². The lowest BCUT2D eigenvalue weighted by molar-refractivity contribution is 0.173. The Morgan fingerprint density at radius 1 is 1.36 bits per heavy atom. The molecule has 14 heavy (non-hydrogen) atoms. The normalized spacial score (nSPS) is 21.1. The molecular weight excluding hydrogens is 196 g/mol. The minimum Gasteiger partial charge on any atom is -0.497 e. The van der Waals surface area contributed by atoms with Crippen molar-refractivity contribution in [2.24, 2.45) is 0 Å². The topological polar surface area (TPSA) is 18.5 Å². The van der Waals surface area contributed by atoms with Crippen LogP contribution in [0, 0.1) is 0 Å². The summed E-state index contributed by atoms with van der Waals surface area (Å²) in [5.74, 6) is 0.904. The van der Waals surface area contributed by atoms with Crippen LogP contribution in [0.25, 0.3) is 0 Å². The largest absolute Gasteiger partial charge is 0.497 e. The molecule has 76 valence electrons. The zero-order chi connectivity index (χ0) is 9.80. The molecule has 0 aliphatic carbocycles. The maximum Gasteiger partial charge on any atom is 0.118 e. The molecule has 1 unspecified atom stereocenters. The van der Waals surface area contributed by atoms with Gasteiger partial charge in [0.15, 0.2) is 0 Å². The average Bonchev–Trinajstić information content (AvgIpc) is 2.72. The van der Waals surface area contributed by atoms with Crippen LogP contribution in [-0.2, 0) is 4.74 Å². The average molecular weight is 210 g/mol. The van der Waals surface area contributed by atoms with Gasteiger partial charge in [0.05, 0.1) is 7.11 Å². The van der Waals surface area contributed by atoms with Crippen molar-refractivity contribution in [2.75, 3.05) is 13.7 Å². The molecule has 2 nitrogen and oxygen atoms in total. The highest BCUT2D eigenvalue weighted by atomic mass is 32.2. The number of ether oxygens (including phenoxy) is 2. The van der Waals surface area contributed by atoms with E-state index in [1.54, 1.807) is 18.9 Å². The first kappa shape index (κ1) is 9.87. The molecule has 2 rings (SSSR count). The molecule has 1 aromatic rings. The summed E-state index contributed by atoms with van der Waals surface area (Å²) in [5, 5.41) is 0. The van der Waals surface area contributed by atoms with Crippen molar-refractivity contribution in [3.05, 3.63) is 24.3 Å². The molecule has 1 aliphatic heterocycles. The number of hydrogen-bond donors (Lipinski definition) is 0. The SMILES string of the molecule is COc1ccc(SC2CCCO2)cc1. The summed E-state index contributed by atoms with van der Waals surface area (Å²) in [7, 11) is 1.68. The van der Waals surface area contributed by atoms with E-state index in [-0.39, 0.29) is 0 Å². The summed E-state index contributed by atoms with van der Waals surface area (Å²) >= 11 is 1.79. The first-order valence-electron chi connectivity index (χ1n) is 4.81. The maximum absolute atomic E-state index is 5.55. The van der Waals surface area contributed by atoms with Crippen molar-refractivity contribution in [3.8, 4) is 5.75 Å². The van der Waals surface area contributed by atoms with Crippen LogP contribution in [0.1, 0.15) is 12.8 Å². The minimum absolute atomic E-state index is 0.350. The van der Waals surface area contributed by atoms with Crippen molar-refractivity contribution in [3.63, 3.8) is 0 Å². The van der Waals surface area contributed by atoms with Crippen molar-refractivity contribution >= 4 is 11.8 Å². The molecule has 1 fully saturated rings. The van der Waals surface area contributed by atoms with Gasteiger partial charge in [-0.3, -0.25) is 0 Å². The number of benzene rings is 1. The van der Waals surface area contributed by atoms with Gasteiger partial charge in [0.2, 0.25) is 0 Å². The summed E-state index contributed by atoms with van der Waals surface area (Å²) in [4.78, 5) is 1.25. The van der Waals surface area contributed by atoms with E-state index in [1.165, 1.54) is 11.3 Å². The van der Waals surface area contributed by atoms with Crippen LogP contribution in [-0.4, -0.2) is 19.2 Å². The van der Waals surface area contributed by atoms with E-state index in [2.05, 4.69) is 12.1 Å². The molecule has 0 radical (unpaired) electrons. The fraction of sp³-hybridized carbons (Fsp3) is 0.455. The molecule has 1 atom stereocenters. The van der Waals surface area contributed by atoms with Crippen LogP contribution in [0.4, 0.5) is 0 Å². The van der Waals surface area contributed by atoms with E-state index in [9.17, 15) is 0 Å². The lowest BCUT2D eigenvalue weighted by Crippen LogP contribution is -1.97. The molecule has 0 aromatic heterocycles. The Morgan fingerprint density at radius 3 is 2.71 bits per heavy atom. The van der Waals surface area contributed by atoms with Crippen LogP contribution < -0.4 is 4.74 Å².